The smallest absolute Gasteiger partial charge is 0.393 e. The normalized spacial score (nSPS) is 13.9. The second kappa shape index (κ2) is 4.87. The lowest BCUT2D eigenvalue weighted by Gasteiger charge is -2.12. The third kappa shape index (κ3) is 3.52. The second-order valence-corrected chi connectivity index (χ2v) is 4.03. The molecule has 0 saturated heterocycles. The van der Waals surface area contributed by atoms with Gasteiger partial charge in [-0.1, -0.05) is 12.1 Å². The minimum atomic E-state index is -4.30. The third-order valence-electron chi connectivity index (χ3n) is 2.46. The lowest BCUT2D eigenvalue weighted by molar-refractivity contribution is -0.138. The van der Waals surface area contributed by atoms with Crippen molar-refractivity contribution in [1.82, 2.24) is 0 Å². The lowest BCUT2D eigenvalue weighted by Crippen LogP contribution is -2.09. The summed E-state index contributed by atoms with van der Waals surface area (Å²) in [5, 5.41) is 9.08. The van der Waals surface area contributed by atoms with E-state index in [1.807, 2.05) is 0 Å². The van der Waals surface area contributed by atoms with Crippen LogP contribution in [0, 0.1) is 6.92 Å². The summed E-state index contributed by atoms with van der Waals surface area (Å²) in [7, 11) is 0. The first-order valence-electron chi connectivity index (χ1n) is 5.15. The molecular weight excluding hydrogens is 217 g/mol. The van der Waals surface area contributed by atoms with E-state index in [1.165, 1.54) is 13.0 Å². The van der Waals surface area contributed by atoms with Gasteiger partial charge in [-0.25, -0.2) is 0 Å². The van der Waals surface area contributed by atoms with Crippen molar-refractivity contribution < 1.29 is 18.3 Å². The Kier molecular flexibility index (Phi) is 3.97. The molecule has 1 atom stereocenters. The number of hydrogen-bond donors (Lipinski definition) is 1. The number of hydrogen-bond acceptors (Lipinski definition) is 1. The van der Waals surface area contributed by atoms with Crippen molar-refractivity contribution in [2.45, 2.75) is 39.0 Å². The van der Waals surface area contributed by atoms with Gasteiger partial charge in [0.05, 0.1) is 11.7 Å². The van der Waals surface area contributed by atoms with Crippen molar-refractivity contribution in [2.75, 3.05) is 0 Å². The van der Waals surface area contributed by atoms with Crippen molar-refractivity contribution in [3.8, 4) is 0 Å². The van der Waals surface area contributed by atoms with Gasteiger partial charge < -0.3 is 5.11 Å². The highest BCUT2D eigenvalue weighted by atomic mass is 19.4. The summed E-state index contributed by atoms with van der Waals surface area (Å²) < 4.78 is 37.7. The molecule has 0 bridgehead atoms. The average Bonchev–Trinajstić information content (AvgIpc) is 2.14. The van der Waals surface area contributed by atoms with Crippen molar-refractivity contribution >= 4 is 0 Å². The Morgan fingerprint density at radius 3 is 2.44 bits per heavy atom. The molecule has 0 amide bonds. The SMILES string of the molecule is Cc1ccc(CCC(C)O)cc1C(F)(F)F. The summed E-state index contributed by atoms with van der Waals surface area (Å²) in [5.74, 6) is 0. The fourth-order valence-corrected chi connectivity index (χ4v) is 1.51. The molecule has 1 nitrogen and oxygen atoms in total. The third-order valence-corrected chi connectivity index (χ3v) is 2.46. The van der Waals surface area contributed by atoms with Gasteiger partial charge in [0, 0.05) is 0 Å². The number of aliphatic hydroxyl groups excluding tert-OH is 1. The van der Waals surface area contributed by atoms with Crippen LogP contribution in [0.25, 0.3) is 0 Å². The second-order valence-electron chi connectivity index (χ2n) is 4.03. The van der Waals surface area contributed by atoms with Gasteiger partial charge in [-0.3, -0.25) is 0 Å². The van der Waals surface area contributed by atoms with E-state index in [2.05, 4.69) is 0 Å². The Morgan fingerprint density at radius 2 is 1.94 bits per heavy atom. The van der Waals surface area contributed by atoms with Gasteiger partial charge in [0.25, 0.3) is 0 Å². The molecule has 0 radical (unpaired) electrons. The number of rotatable bonds is 3. The zero-order valence-corrected chi connectivity index (χ0v) is 9.30. The maximum absolute atomic E-state index is 12.6. The molecule has 0 heterocycles. The fraction of sp³-hybridized carbons (Fsp3) is 0.500. The van der Waals surface area contributed by atoms with Crippen LogP contribution in [0.2, 0.25) is 0 Å². The Labute approximate surface area is 92.9 Å². The van der Waals surface area contributed by atoms with E-state index < -0.39 is 17.8 Å². The van der Waals surface area contributed by atoms with Crippen molar-refractivity contribution in [1.29, 1.82) is 0 Å². The summed E-state index contributed by atoms with van der Waals surface area (Å²) in [5.41, 5.74) is 0.253. The van der Waals surface area contributed by atoms with Crippen LogP contribution >= 0.6 is 0 Å². The average molecular weight is 232 g/mol. The fourth-order valence-electron chi connectivity index (χ4n) is 1.51. The predicted octanol–water partition coefficient (Wildman–Crippen LogP) is 3.33. The molecule has 0 fully saturated rings. The van der Waals surface area contributed by atoms with Crippen LogP contribution in [0.4, 0.5) is 13.2 Å². The largest absolute Gasteiger partial charge is 0.416 e. The molecule has 0 saturated carbocycles. The standard InChI is InChI=1S/C12H15F3O/c1-8-3-5-10(6-4-9(2)16)7-11(8)12(13,14)15/h3,5,7,9,16H,4,6H2,1-2H3. The predicted molar refractivity (Wildman–Crippen MR) is 56.2 cm³/mol. The van der Waals surface area contributed by atoms with Crippen LogP contribution in [-0.2, 0) is 12.6 Å². The summed E-state index contributed by atoms with van der Waals surface area (Å²) in [4.78, 5) is 0. The molecule has 1 aromatic carbocycles. The topological polar surface area (TPSA) is 20.2 Å². The summed E-state index contributed by atoms with van der Waals surface area (Å²) in [6.45, 7) is 3.07. The van der Waals surface area contributed by atoms with Crippen LogP contribution in [0.3, 0.4) is 0 Å². The Hall–Kier alpha value is -1.03. The first kappa shape index (κ1) is 13.0. The first-order valence-corrected chi connectivity index (χ1v) is 5.15. The van der Waals surface area contributed by atoms with Gasteiger partial charge in [-0.05, 0) is 43.9 Å². The maximum Gasteiger partial charge on any atom is 0.416 e. The number of alkyl halides is 3. The van der Waals surface area contributed by atoms with Crippen LogP contribution < -0.4 is 0 Å². The maximum atomic E-state index is 12.6. The molecular formula is C12H15F3O. The lowest BCUT2D eigenvalue weighted by atomic mass is 10.0. The van der Waals surface area contributed by atoms with Gasteiger partial charge in [0.15, 0.2) is 0 Å². The van der Waals surface area contributed by atoms with Crippen LogP contribution in [-0.4, -0.2) is 11.2 Å². The van der Waals surface area contributed by atoms with Gasteiger partial charge in [-0.2, -0.15) is 13.2 Å². The van der Waals surface area contributed by atoms with E-state index in [-0.39, 0.29) is 5.56 Å². The number of benzene rings is 1. The van der Waals surface area contributed by atoms with E-state index in [1.54, 1.807) is 13.0 Å². The van der Waals surface area contributed by atoms with Gasteiger partial charge in [0.2, 0.25) is 0 Å². The molecule has 1 unspecified atom stereocenters. The molecule has 0 spiro atoms. The highest BCUT2D eigenvalue weighted by Gasteiger charge is 2.32. The van der Waals surface area contributed by atoms with Crippen molar-refractivity contribution in [3.63, 3.8) is 0 Å². The number of aryl methyl sites for hydroxylation is 2. The van der Waals surface area contributed by atoms with Gasteiger partial charge >= 0.3 is 6.18 Å². The molecule has 0 aliphatic rings. The summed E-state index contributed by atoms with van der Waals surface area (Å²) >= 11 is 0. The van der Waals surface area contributed by atoms with Crippen LogP contribution in [0.1, 0.15) is 30.0 Å². The molecule has 1 aromatic rings. The van der Waals surface area contributed by atoms with E-state index >= 15 is 0 Å². The molecule has 4 heteroatoms. The number of aliphatic hydroxyl groups is 1. The zero-order chi connectivity index (χ0) is 12.3. The molecule has 0 aliphatic heterocycles. The van der Waals surface area contributed by atoms with Gasteiger partial charge in [-0.15, -0.1) is 0 Å². The molecule has 90 valence electrons. The molecule has 1 rings (SSSR count). The van der Waals surface area contributed by atoms with Gasteiger partial charge in [0.1, 0.15) is 0 Å². The number of halogens is 3. The summed E-state index contributed by atoms with van der Waals surface area (Å²) in [6, 6.07) is 4.31. The van der Waals surface area contributed by atoms with Crippen molar-refractivity contribution in [2.24, 2.45) is 0 Å². The molecule has 16 heavy (non-hydrogen) atoms. The molecule has 1 N–H and O–H groups in total. The highest BCUT2D eigenvalue weighted by Crippen LogP contribution is 2.32. The Bertz CT molecular complexity index is 356. The van der Waals surface area contributed by atoms with Crippen LogP contribution in [0.15, 0.2) is 18.2 Å². The minimum absolute atomic E-state index is 0.230. The highest BCUT2D eigenvalue weighted by molar-refractivity contribution is 5.33. The van der Waals surface area contributed by atoms with E-state index in [4.69, 9.17) is 5.11 Å². The zero-order valence-electron chi connectivity index (χ0n) is 9.30. The Morgan fingerprint density at radius 1 is 1.31 bits per heavy atom. The quantitative estimate of drug-likeness (QED) is 0.847. The molecule has 0 aliphatic carbocycles. The van der Waals surface area contributed by atoms with E-state index in [0.717, 1.165) is 6.07 Å². The monoisotopic (exact) mass is 232 g/mol. The minimum Gasteiger partial charge on any atom is -0.393 e. The summed E-state index contributed by atoms with van der Waals surface area (Å²) in [6.07, 6.45) is -3.86. The van der Waals surface area contributed by atoms with Crippen LogP contribution in [0.5, 0.6) is 0 Å². The Balaban J connectivity index is 2.90. The van der Waals surface area contributed by atoms with E-state index in [0.29, 0.717) is 18.4 Å². The van der Waals surface area contributed by atoms with E-state index in [9.17, 15) is 13.2 Å². The first-order chi connectivity index (χ1) is 7.30. The van der Waals surface area contributed by atoms with Crippen molar-refractivity contribution in [3.05, 3.63) is 34.9 Å². The molecule has 0 aromatic heterocycles.